The molecule has 1 aliphatic rings. The van der Waals surface area contributed by atoms with Gasteiger partial charge < -0.3 is 15.6 Å². The molecule has 25 heavy (non-hydrogen) atoms. The van der Waals surface area contributed by atoms with Crippen LogP contribution < -0.4 is 11.2 Å². The number of hydrogen-bond donors (Lipinski definition) is 2. The molecule has 1 amide bonds. The number of rotatable bonds is 5. The Bertz CT molecular complexity index is 773. The predicted molar refractivity (Wildman–Crippen MR) is 92.8 cm³/mol. The van der Waals surface area contributed by atoms with E-state index in [1.165, 1.54) is 22.7 Å². The second kappa shape index (κ2) is 7.19. The Balaban J connectivity index is 1.67. The van der Waals surface area contributed by atoms with Crippen molar-refractivity contribution in [3.8, 4) is 17.7 Å². The third kappa shape index (κ3) is 3.64. The molecule has 2 aromatic rings. The number of thioether (sulfide) groups is 1. The Labute approximate surface area is 149 Å². The first-order valence-corrected chi connectivity index (χ1v) is 9.07. The fourth-order valence-corrected chi connectivity index (χ4v) is 3.67. The Kier molecular flexibility index (Phi) is 4.99. The Hall–Kier alpha value is -2.47. The van der Waals surface area contributed by atoms with Crippen LogP contribution in [-0.2, 0) is 4.79 Å². The predicted octanol–water partition coefficient (Wildman–Crippen LogP) is 2.08. The lowest BCUT2D eigenvalue weighted by Gasteiger charge is -2.32. The molecule has 3 N–H and O–H groups in total. The number of nitrogens with one attached hydrogen (secondary N) is 1. The zero-order valence-electron chi connectivity index (χ0n) is 13.9. The normalized spacial score (nSPS) is 17.6. The van der Waals surface area contributed by atoms with Crippen molar-refractivity contribution in [1.82, 2.24) is 20.2 Å². The monoisotopic (exact) mass is 360 g/mol. The van der Waals surface area contributed by atoms with Gasteiger partial charge in [0, 0.05) is 0 Å². The number of aromatic nitrogens is 3. The maximum Gasteiger partial charge on any atom is 0.234 e. The molecular weight excluding hydrogens is 340 g/mol. The van der Waals surface area contributed by atoms with Crippen molar-refractivity contribution in [2.45, 2.75) is 55.0 Å². The van der Waals surface area contributed by atoms with Crippen molar-refractivity contribution in [3.63, 3.8) is 0 Å². The molecular formula is C16H20N6O2S. The number of nitrogens with two attached hydrogens (primary N) is 1. The van der Waals surface area contributed by atoms with E-state index in [0.717, 1.165) is 19.3 Å². The molecule has 1 unspecified atom stereocenters. The van der Waals surface area contributed by atoms with E-state index in [1.807, 2.05) is 0 Å². The molecule has 0 aromatic carbocycles. The minimum atomic E-state index is -0.750. The molecule has 0 aliphatic heterocycles. The standard InChI is InChI=1S/C16H20N6O2S/c1-11(14(23)19-16(10-17)7-3-2-4-8-16)25-15-21-20-13(22(15)18)12-6-5-9-24-12/h5-6,9,11H,2-4,7-8,18H2,1H3,(H,19,23). The number of carbonyl (C=O) groups excluding carboxylic acids is 1. The first-order chi connectivity index (χ1) is 12.0. The molecule has 2 aromatic heterocycles. The van der Waals surface area contributed by atoms with Crippen LogP contribution in [0.1, 0.15) is 39.0 Å². The maximum atomic E-state index is 12.5. The fraction of sp³-hybridized carbons (Fsp3) is 0.500. The van der Waals surface area contributed by atoms with E-state index in [1.54, 1.807) is 19.1 Å². The molecule has 1 saturated carbocycles. The highest BCUT2D eigenvalue weighted by molar-refractivity contribution is 8.00. The van der Waals surface area contributed by atoms with Crippen LogP contribution in [0.2, 0.25) is 0 Å². The van der Waals surface area contributed by atoms with Gasteiger partial charge in [0.15, 0.2) is 5.76 Å². The second-order valence-corrected chi connectivity index (χ2v) is 7.47. The number of furan rings is 1. The highest BCUT2D eigenvalue weighted by Gasteiger charge is 2.35. The molecule has 0 radical (unpaired) electrons. The molecule has 2 heterocycles. The van der Waals surface area contributed by atoms with Crippen LogP contribution in [0.4, 0.5) is 0 Å². The highest BCUT2D eigenvalue weighted by atomic mass is 32.2. The summed E-state index contributed by atoms with van der Waals surface area (Å²) in [5, 5.41) is 20.4. The number of amides is 1. The minimum absolute atomic E-state index is 0.198. The molecule has 8 nitrogen and oxygen atoms in total. The molecule has 1 aliphatic carbocycles. The Morgan fingerprint density at radius 3 is 2.88 bits per heavy atom. The average Bonchev–Trinajstić information content (AvgIpc) is 3.26. The van der Waals surface area contributed by atoms with E-state index >= 15 is 0 Å². The van der Waals surface area contributed by atoms with Gasteiger partial charge in [-0.2, -0.15) is 5.26 Å². The van der Waals surface area contributed by atoms with Gasteiger partial charge in [0.2, 0.25) is 16.9 Å². The number of hydrogen-bond acceptors (Lipinski definition) is 7. The molecule has 0 saturated heterocycles. The zero-order valence-corrected chi connectivity index (χ0v) is 14.8. The summed E-state index contributed by atoms with van der Waals surface area (Å²) in [6, 6.07) is 5.76. The van der Waals surface area contributed by atoms with Crippen molar-refractivity contribution in [3.05, 3.63) is 18.4 Å². The summed E-state index contributed by atoms with van der Waals surface area (Å²) in [5.41, 5.74) is -0.750. The van der Waals surface area contributed by atoms with Crippen molar-refractivity contribution in [1.29, 1.82) is 5.26 Å². The van der Waals surface area contributed by atoms with Crippen molar-refractivity contribution >= 4 is 17.7 Å². The summed E-state index contributed by atoms with van der Waals surface area (Å²) in [6.45, 7) is 1.76. The molecule has 9 heteroatoms. The van der Waals surface area contributed by atoms with Crippen LogP contribution in [0.25, 0.3) is 11.6 Å². The smallest absolute Gasteiger partial charge is 0.234 e. The molecule has 132 valence electrons. The maximum absolute atomic E-state index is 12.5. The van der Waals surface area contributed by atoms with Gasteiger partial charge in [0.05, 0.1) is 17.6 Å². The molecule has 1 atom stereocenters. The first kappa shape index (κ1) is 17.4. The lowest BCUT2D eigenvalue weighted by Crippen LogP contribution is -2.51. The van der Waals surface area contributed by atoms with Gasteiger partial charge in [0.1, 0.15) is 5.54 Å². The lowest BCUT2D eigenvalue weighted by atomic mass is 9.83. The number of nitrogen functional groups attached to an aromatic ring is 1. The van der Waals surface area contributed by atoms with Crippen LogP contribution in [-0.4, -0.2) is 31.6 Å². The van der Waals surface area contributed by atoms with Gasteiger partial charge in [-0.25, -0.2) is 4.68 Å². The SMILES string of the molecule is CC(Sc1nnc(-c2ccco2)n1N)C(=O)NC1(C#N)CCCCC1. The van der Waals surface area contributed by atoms with E-state index in [9.17, 15) is 10.1 Å². The van der Waals surface area contributed by atoms with Crippen LogP contribution in [0.15, 0.2) is 28.0 Å². The molecule has 1 fully saturated rings. The summed E-state index contributed by atoms with van der Waals surface area (Å²) in [6.07, 6.45) is 5.94. The summed E-state index contributed by atoms with van der Waals surface area (Å²) >= 11 is 1.20. The average molecular weight is 360 g/mol. The lowest BCUT2D eigenvalue weighted by molar-refractivity contribution is -0.121. The molecule has 3 rings (SSSR count). The summed E-state index contributed by atoms with van der Waals surface area (Å²) in [7, 11) is 0. The minimum Gasteiger partial charge on any atom is -0.461 e. The molecule has 0 spiro atoms. The summed E-state index contributed by atoms with van der Waals surface area (Å²) in [5.74, 6) is 6.70. The van der Waals surface area contributed by atoms with E-state index in [0.29, 0.717) is 29.6 Å². The number of carbonyl (C=O) groups is 1. The van der Waals surface area contributed by atoms with E-state index in [4.69, 9.17) is 10.3 Å². The third-order valence-electron chi connectivity index (χ3n) is 4.34. The van der Waals surface area contributed by atoms with Gasteiger partial charge in [-0.05, 0) is 31.9 Å². The Morgan fingerprint density at radius 2 is 2.24 bits per heavy atom. The fourth-order valence-electron chi connectivity index (χ4n) is 2.90. The second-order valence-electron chi connectivity index (χ2n) is 6.16. The van der Waals surface area contributed by atoms with E-state index < -0.39 is 10.8 Å². The van der Waals surface area contributed by atoms with E-state index in [2.05, 4.69) is 21.6 Å². The first-order valence-electron chi connectivity index (χ1n) is 8.19. The molecule has 0 bridgehead atoms. The quantitative estimate of drug-likeness (QED) is 0.618. The largest absolute Gasteiger partial charge is 0.461 e. The van der Waals surface area contributed by atoms with Gasteiger partial charge in [0.25, 0.3) is 0 Å². The van der Waals surface area contributed by atoms with Crippen molar-refractivity contribution in [2.24, 2.45) is 0 Å². The van der Waals surface area contributed by atoms with Gasteiger partial charge in [-0.15, -0.1) is 10.2 Å². The topological polar surface area (TPSA) is 123 Å². The van der Waals surface area contributed by atoms with Crippen LogP contribution in [0.5, 0.6) is 0 Å². The highest BCUT2D eigenvalue weighted by Crippen LogP contribution is 2.29. The van der Waals surface area contributed by atoms with Gasteiger partial charge in [-0.3, -0.25) is 4.79 Å². The van der Waals surface area contributed by atoms with Crippen LogP contribution in [0, 0.1) is 11.3 Å². The summed E-state index contributed by atoms with van der Waals surface area (Å²) in [4.78, 5) is 12.5. The van der Waals surface area contributed by atoms with Gasteiger partial charge in [-0.1, -0.05) is 31.0 Å². The van der Waals surface area contributed by atoms with Crippen LogP contribution in [0.3, 0.4) is 0 Å². The number of nitrogens with zero attached hydrogens (tertiary/aromatic N) is 4. The third-order valence-corrected chi connectivity index (χ3v) is 5.40. The number of nitriles is 1. The van der Waals surface area contributed by atoms with Crippen molar-refractivity contribution < 1.29 is 9.21 Å². The van der Waals surface area contributed by atoms with E-state index in [-0.39, 0.29) is 5.91 Å². The zero-order chi connectivity index (χ0) is 17.9. The van der Waals surface area contributed by atoms with Gasteiger partial charge >= 0.3 is 0 Å². The van der Waals surface area contributed by atoms with Crippen molar-refractivity contribution in [2.75, 3.05) is 5.84 Å². The van der Waals surface area contributed by atoms with Crippen LogP contribution >= 0.6 is 11.8 Å². The summed E-state index contributed by atoms with van der Waals surface area (Å²) < 4.78 is 6.57. The Morgan fingerprint density at radius 1 is 1.48 bits per heavy atom.